The number of hydrogen-bond acceptors (Lipinski definition) is 6. The number of rotatable bonds is 5. The molecule has 1 aromatic carbocycles. The van der Waals surface area contributed by atoms with Gasteiger partial charge in [0.25, 0.3) is 5.78 Å². The summed E-state index contributed by atoms with van der Waals surface area (Å²) in [6.07, 6.45) is 0. The number of hydrogen-bond donors (Lipinski definition) is 0. The number of benzene rings is 1. The van der Waals surface area contributed by atoms with Crippen molar-refractivity contribution in [2.45, 2.75) is 0 Å². The molecule has 0 unspecified atom stereocenters. The lowest BCUT2D eigenvalue weighted by Crippen LogP contribution is -2.17. The number of carbonyl (C=O) groups is 2. The molecule has 98 valence electrons. The quantitative estimate of drug-likeness (QED) is 0.444. The molecule has 0 aliphatic rings. The minimum Gasteiger partial charge on any atom is -0.493 e. The lowest BCUT2D eigenvalue weighted by atomic mass is 10.1. The van der Waals surface area contributed by atoms with Gasteiger partial charge in [-0.05, 0) is 12.1 Å². The van der Waals surface area contributed by atoms with Crippen molar-refractivity contribution in [3.8, 4) is 17.2 Å². The fourth-order valence-electron chi connectivity index (χ4n) is 1.48. The number of ketones is 1. The molecule has 0 heterocycles. The largest absolute Gasteiger partial charge is 0.493 e. The van der Waals surface area contributed by atoms with Gasteiger partial charge in [0, 0.05) is 0 Å². The van der Waals surface area contributed by atoms with Crippen molar-refractivity contribution < 1.29 is 28.5 Å². The van der Waals surface area contributed by atoms with E-state index < -0.39 is 11.8 Å². The molecule has 1 rings (SSSR count). The van der Waals surface area contributed by atoms with E-state index in [2.05, 4.69) is 4.74 Å². The second-order valence-electron chi connectivity index (χ2n) is 3.20. The standard InChI is InChI=1S/C12H14O6/c1-15-8-6-5-7(9(13)12(14)18-4)10(16-2)11(8)17-3/h5-6H,1-4H3. The minimum atomic E-state index is -0.972. The van der Waals surface area contributed by atoms with Crippen molar-refractivity contribution in [3.05, 3.63) is 17.7 Å². The fraction of sp³-hybridized carbons (Fsp3) is 0.333. The lowest BCUT2D eigenvalue weighted by Gasteiger charge is -2.14. The molecule has 18 heavy (non-hydrogen) atoms. The highest BCUT2D eigenvalue weighted by atomic mass is 16.5. The molecule has 0 aliphatic carbocycles. The maximum atomic E-state index is 11.8. The molecule has 6 nitrogen and oxygen atoms in total. The lowest BCUT2D eigenvalue weighted by molar-refractivity contribution is -0.135. The van der Waals surface area contributed by atoms with Crippen molar-refractivity contribution in [2.75, 3.05) is 28.4 Å². The van der Waals surface area contributed by atoms with Gasteiger partial charge in [0.05, 0.1) is 34.0 Å². The summed E-state index contributed by atoms with van der Waals surface area (Å²) in [5.74, 6) is -1.01. The summed E-state index contributed by atoms with van der Waals surface area (Å²) in [6.45, 7) is 0. The smallest absolute Gasteiger partial charge is 0.379 e. The molecule has 0 saturated carbocycles. The van der Waals surface area contributed by atoms with E-state index in [4.69, 9.17) is 14.2 Å². The van der Waals surface area contributed by atoms with Crippen LogP contribution in [0, 0.1) is 0 Å². The molecule has 0 saturated heterocycles. The first kappa shape index (κ1) is 13.8. The van der Waals surface area contributed by atoms with Gasteiger partial charge in [0.15, 0.2) is 11.5 Å². The predicted molar refractivity (Wildman–Crippen MR) is 62.4 cm³/mol. The van der Waals surface area contributed by atoms with E-state index in [1.165, 1.54) is 33.5 Å². The summed E-state index contributed by atoms with van der Waals surface area (Å²) < 4.78 is 19.6. The molecule has 0 spiro atoms. The van der Waals surface area contributed by atoms with Gasteiger partial charge in [-0.3, -0.25) is 4.79 Å². The van der Waals surface area contributed by atoms with Crippen LogP contribution in [-0.4, -0.2) is 40.2 Å². The van der Waals surface area contributed by atoms with Crippen molar-refractivity contribution >= 4 is 11.8 Å². The highest BCUT2D eigenvalue weighted by Crippen LogP contribution is 2.39. The molecule has 0 bridgehead atoms. The van der Waals surface area contributed by atoms with Gasteiger partial charge in [-0.1, -0.05) is 0 Å². The summed E-state index contributed by atoms with van der Waals surface area (Å²) in [7, 11) is 5.37. The Hall–Kier alpha value is -2.24. The Kier molecular flexibility index (Phi) is 4.53. The number of ether oxygens (including phenoxy) is 4. The van der Waals surface area contributed by atoms with Gasteiger partial charge >= 0.3 is 5.97 Å². The van der Waals surface area contributed by atoms with E-state index in [0.717, 1.165) is 7.11 Å². The molecule has 6 heteroatoms. The maximum Gasteiger partial charge on any atom is 0.379 e. The first-order chi connectivity index (χ1) is 8.60. The van der Waals surface area contributed by atoms with E-state index in [1.807, 2.05) is 0 Å². The summed E-state index contributed by atoms with van der Waals surface area (Å²) in [5, 5.41) is 0. The van der Waals surface area contributed by atoms with Gasteiger partial charge < -0.3 is 18.9 Å². The van der Waals surface area contributed by atoms with Crippen LogP contribution in [0.1, 0.15) is 10.4 Å². The Morgan fingerprint density at radius 1 is 0.889 bits per heavy atom. The second kappa shape index (κ2) is 5.90. The van der Waals surface area contributed by atoms with Gasteiger partial charge in [-0.25, -0.2) is 4.79 Å². The topological polar surface area (TPSA) is 71.1 Å². The Labute approximate surface area is 104 Å². The van der Waals surface area contributed by atoms with Gasteiger partial charge in [-0.15, -0.1) is 0 Å². The van der Waals surface area contributed by atoms with E-state index in [0.29, 0.717) is 5.75 Å². The van der Waals surface area contributed by atoms with E-state index in [9.17, 15) is 9.59 Å². The molecule has 0 atom stereocenters. The highest BCUT2D eigenvalue weighted by molar-refractivity contribution is 6.41. The Morgan fingerprint density at radius 3 is 1.94 bits per heavy atom. The fourth-order valence-corrected chi connectivity index (χ4v) is 1.48. The molecule has 0 radical (unpaired) electrons. The third-order valence-corrected chi connectivity index (χ3v) is 2.32. The van der Waals surface area contributed by atoms with Crippen LogP contribution in [0.2, 0.25) is 0 Å². The van der Waals surface area contributed by atoms with Crippen molar-refractivity contribution in [3.63, 3.8) is 0 Å². The van der Waals surface area contributed by atoms with Gasteiger partial charge in [0.1, 0.15) is 0 Å². The molecule has 0 amide bonds. The van der Waals surface area contributed by atoms with E-state index >= 15 is 0 Å². The van der Waals surface area contributed by atoms with Crippen LogP contribution in [0.3, 0.4) is 0 Å². The van der Waals surface area contributed by atoms with Crippen LogP contribution < -0.4 is 14.2 Å². The first-order valence-corrected chi connectivity index (χ1v) is 5.02. The zero-order valence-corrected chi connectivity index (χ0v) is 10.6. The SMILES string of the molecule is COC(=O)C(=O)c1ccc(OC)c(OC)c1OC. The molecule has 1 aromatic rings. The average molecular weight is 254 g/mol. The van der Waals surface area contributed by atoms with Crippen LogP contribution in [0.4, 0.5) is 0 Å². The van der Waals surface area contributed by atoms with E-state index in [-0.39, 0.29) is 17.1 Å². The second-order valence-corrected chi connectivity index (χ2v) is 3.20. The Morgan fingerprint density at radius 2 is 1.50 bits per heavy atom. The molecular formula is C12H14O6. The third-order valence-electron chi connectivity index (χ3n) is 2.32. The Balaban J connectivity index is 3.37. The zero-order chi connectivity index (χ0) is 13.7. The average Bonchev–Trinajstić information content (AvgIpc) is 2.43. The highest BCUT2D eigenvalue weighted by Gasteiger charge is 2.25. The molecule has 0 aromatic heterocycles. The monoisotopic (exact) mass is 254 g/mol. The maximum absolute atomic E-state index is 11.8. The van der Waals surface area contributed by atoms with Crippen molar-refractivity contribution in [2.24, 2.45) is 0 Å². The minimum absolute atomic E-state index is 0.0574. The van der Waals surface area contributed by atoms with Crippen LogP contribution in [-0.2, 0) is 9.53 Å². The number of methoxy groups -OCH3 is 4. The molecule has 0 N–H and O–H groups in total. The molecule has 0 aliphatic heterocycles. The summed E-state index contributed by atoms with van der Waals surface area (Å²) in [6, 6.07) is 2.93. The van der Waals surface area contributed by atoms with E-state index in [1.54, 1.807) is 0 Å². The van der Waals surface area contributed by atoms with Crippen LogP contribution in [0.25, 0.3) is 0 Å². The van der Waals surface area contributed by atoms with Crippen LogP contribution in [0.5, 0.6) is 17.2 Å². The van der Waals surface area contributed by atoms with Crippen LogP contribution >= 0.6 is 0 Å². The normalized spacial score (nSPS) is 9.56. The van der Waals surface area contributed by atoms with Crippen molar-refractivity contribution in [1.82, 2.24) is 0 Å². The summed E-state index contributed by atoms with van der Waals surface area (Å²) in [4.78, 5) is 23.0. The third kappa shape index (κ3) is 2.37. The summed E-state index contributed by atoms with van der Waals surface area (Å²) in [5.41, 5.74) is 0.0574. The predicted octanol–water partition coefficient (Wildman–Crippen LogP) is 1.07. The summed E-state index contributed by atoms with van der Waals surface area (Å²) >= 11 is 0. The Bertz CT molecular complexity index is 466. The zero-order valence-electron chi connectivity index (χ0n) is 10.6. The number of Topliss-reactive ketones (excluding diaryl/α,β-unsaturated/α-hetero) is 1. The molecular weight excluding hydrogens is 240 g/mol. The molecule has 0 fully saturated rings. The van der Waals surface area contributed by atoms with Gasteiger partial charge in [0.2, 0.25) is 5.75 Å². The number of esters is 1. The first-order valence-electron chi connectivity index (χ1n) is 5.02. The number of carbonyl (C=O) groups excluding carboxylic acids is 2. The van der Waals surface area contributed by atoms with Gasteiger partial charge in [-0.2, -0.15) is 0 Å². The van der Waals surface area contributed by atoms with Crippen molar-refractivity contribution in [1.29, 1.82) is 0 Å². The van der Waals surface area contributed by atoms with Crippen LogP contribution in [0.15, 0.2) is 12.1 Å².